The predicted molar refractivity (Wildman–Crippen MR) is 149 cm³/mol. The van der Waals surface area contributed by atoms with Crippen molar-refractivity contribution >= 4 is 11.9 Å². The average Bonchev–Trinajstić information content (AvgIpc) is 2.77. The van der Waals surface area contributed by atoms with Gasteiger partial charge in [0, 0.05) is 5.56 Å². The number of benzene rings is 1. The first kappa shape index (κ1) is 32.3. The van der Waals surface area contributed by atoms with E-state index in [4.69, 9.17) is 18.9 Å². The lowest BCUT2D eigenvalue weighted by Crippen LogP contribution is -2.25. The van der Waals surface area contributed by atoms with Crippen molar-refractivity contribution in [1.29, 1.82) is 0 Å². The van der Waals surface area contributed by atoms with Crippen LogP contribution in [-0.4, -0.2) is 25.5 Å². The number of hydrogen-bond acceptors (Lipinski definition) is 6. The third kappa shape index (κ3) is 12.4. The topological polar surface area (TPSA) is 71.1 Å². The van der Waals surface area contributed by atoms with Crippen LogP contribution in [0.15, 0.2) is 35.4 Å². The number of esters is 2. The van der Waals surface area contributed by atoms with Gasteiger partial charge >= 0.3 is 11.9 Å². The second kappa shape index (κ2) is 14.8. The van der Waals surface area contributed by atoms with Gasteiger partial charge in [-0.15, -0.1) is 0 Å². The Morgan fingerprint density at radius 2 is 1.30 bits per heavy atom. The minimum Gasteiger partial charge on any atom is -0.457 e. The molecule has 0 unspecified atom stereocenters. The molecule has 0 aliphatic carbocycles. The van der Waals surface area contributed by atoms with Crippen LogP contribution in [0.2, 0.25) is 0 Å². The lowest BCUT2D eigenvalue weighted by Gasteiger charge is -2.21. The number of carbonyl (C=O) groups is 2. The molecule has 0 spiro atoms. The fourth-order valence-electron chi connectivity index (χ4n) is 3.26. The van der Waals surface area contributed by atoms with Gasteiger partial charge in [-0.1, -0.05) is 36.6 Å². The Morgan fingerprint density at radius 1 is 0.811 bits per heavy atom. The molecule has 37 heavy (non-hydrogen) atoms. The van der Waals surface area contributed by atoms with Crippen LogP contribution in [0.3, 0.4) is 0 Å². The minimum atomic E-state index is -0.618. The summed E-state index contributed by atoms with van der Waals surface area (Å²) >= 11 is 0. The zero-order valence-corrected chi connectivity index (χ0v) is 24.7. The quantitative estimate of drug-likeness (QED) is 0.152. The third-order valence-corrected chi connectivity index (χ3v) is 5.55. The van der Waals surface area contributed by atoms with Crippen molar-refractivity contribution in [3.8, 4) is 11.5 Å². The van der Waals surface area contributed by atoms with Gasteiger partial charge in [0.25, 0.3) is 0 Å². The third-order valence-electron chi connectivity index (χ3n) is 5.55. The minimum absolute atomic E-state index is 0.194. The molecule has 0 fully saturated rings. The molecule has 0 aliphatic rings. The lowest BCUT2D eigenvalue weighted by molar-refractivity contribution is -0.160. The van der Waals surface area contributed by atoms with Gasteiger partial charge in [0.05, 0.1) is 10.8 Å². The highest BCUT2D eigenvalue weighted by Gasteiger charge is 2.24. The second-order valence-corrected chi connectivity index (χ2v) is 11.8. The molecule has 0 saturated heterocycles. The molecule has 0 bridgehead atoms. The first-order valence-corrected chi connectivity index (χ1v) is 13.2. The SMILES string of the molecule is CCCc1cc(OCOC(=O)C(C)(C)C)c(C/C=C(\C)CCC=C(C)C)c(OCOC(=O)C(C)(C)C)c1. The Hall–Kier alpha value is -2.76. The summed E-state index contributed by atoms with van der Waals surface area (Å²) in [6.07, 6.45) is 8.67. The van der Waals surface area contributed by atoms with Crippen molar-refractivity contribution in [2.75, 3.05) is 13.6 Å². The molecule has 0 radical (unpaired) electrons. The van der Waals surface area contributed by atoms with E-state index in [9.17, 15) is 9.59 Å². The van der Waals surface area contributed by atoms with Gasteiger partial charge < -0.3 is 18.9 Å². The van der Waals surface area contributed by atoms with E-state index >= 15 is 0 Å². The summed E-state index contributed by atoms with van der Waals surface area (Å²) in [5.41, 5.74) is 3.18. The maximum absolute atomic E-state index is 12.2. The molecule has 6 heteroatoms. The zero-order valence-electron chi connectivity index (χ0n) is 24.7. The van der Waals surface area contributed by atoms with Gasteiger partial charge in [0.15, 0.2) is 0 Å². The summed E-state index contributed by atoms with van der Waals surface area (Å²) in [4.78, 5) is 24.5. The normalized spacial score (nSPS) is 12.1. The van der Waals surface area contributed by atoms with Crippen LogP contribution in [0.4, 0.5) is 0 Å². The summed E-state index contributed by atoms with van der Waals surface area (Å²) < 4.78 is 22.7. The van der Waals surface area contributed by atoms with Crippen molar-refractivity contribution in [3.05, 3.63) is 46.6 Å². The molecule has 0 saturated carbocycles. The molecule has 6 nitrogen and oxygen atoms in total. The van der Waals surface area contributed by atoms with Crippen LogP contribution >= 0.6 is 0 Å². The van der Waals surface area contributed by atoms with Crippen LogP contribution in [0.5, 0.6) is 11.5 Å². The molecular weight excluding hydrogens is 468 g/mol. The number of ether oxygens (including phenoxy) is 4. The van der Waals surface area contributed by atoms with Crippen LogP contribution in [0.1, 0.15) is 99.6 Å². The molecule has 1 aromatic rings. The van der Waals surface area contributed by atoms with Crippen molar-refractivity contribution in [1.82, 2.24) is 0 Å². The molecule has 0 N–H and O–H groups in total. The number of allylic oxidation sites excluding steroid dienone is 4. The molecule has 1 rings (SSSR count). The van der Waals surface area contributed by atoms with Crippen molar-refractivity contribution in [2.24, 2.45) is 10.8 Å². The second-order valence-electron chi connectivity index (χ2n) is 11.8. The summed E-state index contributed by atoms with van der Waals surface area (Å²) in [7, 11) is 0. The van der Waals surface area contributed by atoms with Crippen LogP contribution in [0.25, 0.3) is 0 Å². The number of rotatable bonds is 13. The van der Waals surface area contributed by atoms with Crippen LogP contribution in [0, 0.1) is 10.8 Å². The van der Waals surface area contributed by atoms with E-state index in [-0.39, 0.29) is 25.5 Å². The van der Waals surface area contributed by atoms with Gasteiger partial charge in [-0.25, -0.2) is 0 Å². The van der Waals surface area contributed by atoms with E-state index in [0.29, 0.717) is 17.9 Å². The molecular formula is C31H48O6. The average molecular weight is 517 g/mol. The van der Waals surface area contributed by atoms with Gasteiger partial charge in [-0.05, 0) is 106 Å². The van der Waals surface area contributed by atoms with Crippen molar-refractivity contribution in [3.63, 3.8) is 0 Å². The molecule has 0 amide bonds. The smallest absolute Gasteiger partial charge is 0.314 e. The Kier molecular flexibility index (Phi) is 12.9. The first-order valence-electron chi connectivity index (χ1n) is 13.2. The molecule has 1 aromatic carbocycles. The number of hydrogen-bond donors (Lipinski definition) is 0. The summed E-state index contributed by atoms with van der Waals surface area (Å²) in [6.45, 7) is 18.8. The molecule has 0 aliphatic heterocycles. The molecule has 0 atom stereocenters. The molecule has 0 aromatic heterocycles. The highest BCUT2D eigenvalue weighted by atomic mass is 16.7. The maximum atomic E-state index is 12.2. The zero-order chi connectivity index (χ0) is 28.2. The van der Waals surface area contributed by atoms with E-state index in [2.05, 4.69) is 39.8 Å². The Morgan fingerprint density at radius 3 is 1.70 bits per heavy atom. The highest BCUT2D eigenvalue weighted by Crippen LogP contribution is 2.33. The van der Waals surface area contributed by atoms with Gasteiger partial charge in [-0.3, -0.25) is 9.59 Å². The highest BCUT2D eigenvalue weighted by molar-refractivity contribution is 5.75. The lowest BCUT2D eigenvalue weighted by atomic mass is 9.97. The van der Waals surface area contributed by atoms with E-state index in [1.807, 2.05) is 12.1 Å². The predicted octanol–water partition coefficient (Wildman–Crippen LogP) is 7.73. The number of aryl methyl sites for hydroxylation is 1. The molecule has 208 valence electrons. The van der Waals surface area contributed by atoms with Crippen molar-refractivity contribution in [2.45, 2.75) is 101 Å². The van der Waals surface area contributed by atoms with E-state index < -0.39 is 10.8 Å². The summed E-state index contributed by atoms with van der Waals surface area (Å²) in [5.74, 6) is 0.523. The standard InChI is InChI=1S/C31H48O6/c1-11-13-24-18-26(34-20-36-28(32)30(5,6)7)25(17-16-23(4)15-12-14-22(2)3)27(19-24)35-21-37-29(33)31(8,9)10/h14,16,18-19H,11-13,15,17,20-21H2,1-10H3/b23-16+. The first-order chi connectivity index (χ1) is 17.1. The van der Waals surface area contributed by atoms with Gasteiger partial charge in [-0.2, -0.15) is 0 Å². The Bertz CT molecular complexity index is 900. The van der Waals surface area contributed by atoms with E-state index in [1.54, 1.807) is 41.5 Å². The van der Waals surface area contributed by atoms with E-state index in [1.165, 1.54) is 11.1 Å². The number of carbonyl (C=O) groups excluding carboxylic acids is 2. The van der Waals surface area contributed by atoms with Crippen LogP contribution in [-0.2, 0) is 31.9 Å². The van der Waals surface area contributed by atoms with Crippen LogP contribution < -0.4 is 9.47 Å². The van der Waals surface area contributed by atoms with Gasteiger partial charge in [0.1, 0.15) is 11.5 Å². The fourth-order valence-corrected chi connectivity index (χ4v) is 3.26. The fraction of sp³-hybridized carbons (Fsp3) is 0.613. The monoisotopic (exact) mass is 516 g/mol. The molecule has 0 heterocycles. The van der Waals surface area contributed by atoms with Gasteiger partial charge in [0.2, 0.25) is 13.6 Å². The Balaban J connectivity index is 3.25. The largest absolute Gasteiger partial charge is 0.457 e. The maximum Gasteiger partial charge on any atom is 0.314 e. The Labute approximate surface area is 224 Å². The summed E-state index contributed by atoms with van der Waals surface area (Å²) in [5, 5.41) is 0. The van der Waals surface area contributed by atoms with Crippen molar-refractivity contribution < 1.29 is 28.5 Å². The van der Waals surface area contributed by atoms with E-state index in [0.717, 1.165) is 36.8 Å². The summed E-state index contributed by atoms with van der Waals surface area (Å²) in [6, 6.07) is 3.95.